The van der Waals surface area contributed by atoms with Crippen molar-refractivity contribution < 1.29 is 19.2 Å². The van der Waals surface area contributed by atoms with Crippen LogP contribution in [0.3, 0.4) is 0 Å². The van der Waals surface area contributed by atoms with Gasteiger partial charge in [-0.2, -0.15) is 4.98 Å². The van der Waals surface area contributed by atoms with Crippen LogP contribution >= 0.6 is 0 Å². The van der Waals surface area contributed by atoms with E-state index in [9.17, 15) is 9.90 Å². The molecule has 0 aliphatic carbocycles. The van der Waals surface area contributed by atoms with Gasteiger partial charge in [-0.15, -0.1) is 0 Å². The van der Waals surface area contributed by atoms with Crippen LogP contribution in [-0.4, -0.2) is 28.3 Å². The summed E-state index contributed by atoms with van der Waals surface area (Å²) in [6.45, 7) is 7.17. The van der Waals surface area contributed by atoms with E-state index in [0.29, 0.717) is 17.0 Å². The zero-order valence-electron chi connectivity index (χ0n) is 12.7. The van der Waals surface area contributed by atoms with Crippen LogP contribution in [0.4, 0.5) is 0 Å². The minimum Gasteiger partial charge on any atom is -0.478 e. The monoisotopic (exact) mass is 290 g/mol. The topological polar surface area (TPSA) is 85.5 Å². The van der Waals surface area contributed by atoms with E-state index in [4.69, 9.17) is 9.26 Å². The highest BCUT2D eigenvalue weighted by molar-refractivity contribution is 5.97. The van der Waals surface area contributed by atoms with Gasteiger partial charge >= 0.3 is 5.97 Å². The van der Waals surface area contributed by atoms with Gasteiger partial charge in [0.05, 0.1) is 11.1 Å². The maximum absolute atomic E-state index is 11.5. The molecule has 21 heavy (non-hydrogen) atoms. The van der Waals surface area contributed by atoms with Crippen molar-refractivity contribution >= 4 is 5.97 Å². The van der Waals surface area contributed by atoms with Crippen LogP contribution in [0.2, 0.25) is 0 Å². The van der Waals surface area contributed by atoms with Crippen LogP contribution in [-0.2, 0) is 10.3 Å². The molecule has 0 atom stereocenters. The molecule has 1 aromatic heterocycles. The predicted octanol–water partition coefficient (Wildman–Crippen LogP) is 2.93. The van der Waals surface area contributed by atoms with Gasteiger partial charge in [0.2, 0.25) is 5.82 Å². The smallest absolute Gasteiger partial charge is 0.336 e. The summed E-state index contributed by atoms with van der Waals surface area (Å²) in [5.74, 6) is -0.456. The van der Waals surface area contributed by atoms with E-state index in [1.165, 1.54) is 0 Å². The largest absolute Gasteiger partial charge is 0.478 e. The van der Waals surface area contributed by atoms with Crippen molar-refractivity contribution in [2.75, 3.05) is 7.11 Å². The minimum atomic E-state index is -1.02. The Bertz CT molecular complexity index is 689. The fourth-order valence-corrected chi connectivity index (χ4v) is 2.02. The Labute approximate surface area is 122 Å². The second kappa shape index (κ2) is 5.29. The number of carboxylic acids is 1. The predicted molar refractivity (Wildman–Crippen MR) is 76.2 cm³/mol. The molecule has 0 saturated heterocycles. The van der Waals surface area contributed by atoms with Gasteiger partial charge in [-0.3, -0.25) is 0 Å². The van der Waals surface area contributed by atoms with Crippen LogP contribution in [0, 0.1) is 13.8 Å². The van der Waals surface area contributed by atoms with Crippen LogP contribution in [0.5, 0.6) is 0 Å². The lowest BCUT2D eigenvalue weighted by Gasteiger charge is -2.17. The average molecular weight is 290 g/mol. The third kappa shape index (κ3) is 2.67. The van der Waals surface area contributed by atoms with E-state index in [2.05, 4.69) is 10.1 Å². The molecule has 0 bridgehead atoms. The Kier molecular flexibility index (Phi) is 3.82. The van der Waals surface area contributed by atoms with Gasteiger partial charge in [-0.05, 0) is 38.8 Å². The summed E-state index contributed by atoms with van der Waals surface area (Å²) in [4.78, 5) is 15.8. The van der Waals surface area contributed by atoms with Crippen LogP contribution in [0.15, 0.2) is 16.7 Å². The number of carboxylic acid groups (broad SMARTS) is 1. The third-order valence-electron chi connectivity index (χ3n) is 3.52. The highest BCUT2D eigenvalue weighted by Gasteiger charge is 2.28. The van der Waals surface area contributed by atoms with Crippen LogP contribution in [0.1, 0.15) is 41.2 Å². The van der Waals surface area contributed by atoms with Gasteiger partial charge in [0.15, 0.2) is 0 Å². The standard InChI is InChI=1S/C15H18N2O4/c1-8-6-7-9(2)11(13(18)19)10(8)12-16-14(17-21-12)15(3,4)20-5/h6-7H,1-5H3,(H,18,19). The zero-order chi connectivity index (χ0) is 15.8. The molecule has 0 aliphatic heterocycles. The second-order valence-corrected chi connectivity index (χ2v) is 5.39. The van der Waals surface area contributed by atoms with Crippen molar-refractivity contribution in [3.63, 3.8) is 0 Å². The molecule has 2 rings (SSSR count). The van der Waals surface area contributed by atoms with E-state index in [1.807, 2.05) is 26.8 Å². The summed E-state index contributed by atoms with van der Waals surface area (Å²) in [5, 5.41) is 13.3. The Morgan fingerprint density at radius 3 is 2.48 bits per heavy atom. The molecule has 1 N–H and O–H groups in total. The van der Waals surface area contributed by atoms with Gasteiger partial charge < -0.3 is 14.4 Å². The number of carbonyl (C=O) groups is 1. The summed E-state index contributed by atoms with van der Waals surface area (Å²) in [6, 6.07) is 3.60. The van der Waals surface area contributed by atoms with Gasteiger partial charge in [-0.1, -0.05) is 17.3 Å². The first kappa shape index (κ1) is 15.2. The summed E-state index contributed by atoms with van der Waals surface area (Å²) >= 11 is 0. The summed E-state index contributed by atoms with van der Waals surface area (Å²) in [5.41, 5.74) is 1.34. The number of aromatic carboxylic acids is 1. The Balaban J connectivity index is 2.63. The molecule has 0 unspecified atom stereocenters. The number of hydrogen-bond acceptors (Lipinski definition) is 5. The van der Waals surface area contributed by atoms with E-state index in [1.54, 1.807) is 20.1 Å². The van der Waals surface area contributed by atoms with E-state index in [-0.39, 0.29) is 11.5 Å². The van der Waals surface area contributed by atoms with Crippen molar-refractivity contribution in [2.24, 2.45) is 0 Å². The van der Waals surface area contributed by atoms with E-state index < -0.39 is 11.6 Å². The highest BCUT2D eigenvalue weighted by atomic mass is 16.5. The molecular weight excluding hydrogens is 272 g/mol. The molecule has 0 spiro atoms. The molecular formula is C15H18N2O4. The SMILES string of the molecule is COC(C)(C)c1noc(-c2c(C)ccc(C)c2C(=O)O)n1. The van der Waals surface area contributed by atoms with Crippen molar-refractivity contribution in [1.82, 2.24) is 10.1 Å². The Hall–Kier alpha value is -2.21. The molecule has 0 aliphatic rings. The Morgan fingerprint density at radius 1 is 1.29 bits per heavy atom. The average Bonchev–Trinajstić information content (AvgIpc) is 2.90. The van der Waals surface area contributed by atoms with Crippen molar-refractivity contribution in [2.45, 2.75) is 33.3 Å². The number of nitrogens with zero attached hydrogens (tertiary/aromatic N) is 2. The highest BCUT2D eigenvalue weighted by Crippen LogP contribution is 2.30. The Morgan fingerprint density at radius 2 is 1.90 bits per heavy atom. The molecule has 0 radical (unpaired) electrons. The fourth-order valence-electron chi connectivity index (χ4n) is 2.02. The van der Waals surface area contributed by atoms with Crippen molar-refractivity contribution in [1.29, 1.82) is 0 Å². The number of aromatic nitrogens is 2. The summed E-state index contributed by atoms with van der Waals surface area (Å²) in [7, 11) is 1.55. The first-order valence-electron chi connectivity index (χ1n) is 6.51. The first-order chi connectivity index (χ1) is 9.77. The normalized spacial score (nSPS) is 11.7. The van der Waals surface area contributed by atoms with Crippen molar-refractivity contribution in [3.05, 3.63) is 34.6 Å². The molecule has 6 heteroatoms. The number of rotatable bonds is 4. The maximum Gasteiger partial charge on any atom is 0.336 e. The third-order valence-corrected chi connectivity index (χ3v) is 3.52. The maximum atomic E-state index is 11.5. The lowest BCUT2D eigenvalue weighted by Crippen LogP contribution is -2.21. The number of benzene rings is 1. The molecule has 1 heterocycles. The lowest BCUT2D eigenvalue weighted by atomic mass is 9.97. The molecule has 0 amide bonds. The number of methoxy groups -OCH3 is 1. The van der Waals surface area contributed by atoms with Crippen LogP contribution < -0.4 is 0 Å². The number of hydrogen-bond donors (Lipinski definition) is 1. The summed E-state index contributed by atoms with van der Waals surface area (Å²) in [6.07, 6.45) is 0. The number of ether oxygens (including phenoxy) is 1. The molecule has 2 aromatic rings. The van der Waals surface area contributed by atoms with Gasteiger partial charge in [0.25, 0.3) is 5.89 Å². The molecule has 6 nitrogen and oxygen atoms in total. The molecule has 1 aromatic carbocycles. The van der Waals surface area contributed by atoms with E-state index >= 15 is 0 Å². The van der Waals surface area contributed by atoms with Crippen molar-refractivity contribution in [3.8, 4) is 11.5 Å². The number of aryl methyl sites for hydroxylation is 2. The molecule has 0 saturated carbocycles. The van der Waals surface area contributed by atoms with Gasteiger partial charge in [0, 0.05) is 7.11 Å². The quantitative estimate of drug-likeness (QED) is 0.931. The minimum absolute atomic E-state index is 0.181. The van der Waals surface area contributed by atoms with Gasteiger partial charge in [0.1, 0.15) is 5.60 Å². The molecule has 112 valence electrons. The van der Waals surface area contributed by atoms with E-state index in [0.717, 1.165) is 5.56 Å². The second-order valence-electron chi connectivity index (χ2n) is 5.39. The fraction of sp³-hybridized carbons (Fsp3) is 0.400. The van der Waals surface area contributed by atoms with Crippen LogP contribution in [0.25, 0.3) is 11.5 Å². The lowest BCUT2D eigenvalue weighted by molar-refractivity contribution is 0.00973. The molecule has 0 fully saturated rings. The first-order valence-corrected chi connectivity index (χ1v) is 6.51. The summed E-state index contributed by atoms with van der Waals surface area (Å²) < 4.78 is 10.6. The zero-order valence-corrected chi connectivity index (χ0v) is 12.7. The van der Waals surface area contributed by atoms with Gasteiger partial charge in [-0.25, -0.2) is 4.79 Å².